The van der Waals surface area contributed by atoms with Crippen LogP contribution in [0, 0.1) is 0 Å². The summed E-state index contributed by atoms with van der Waals surface area (Å²) in [7, 11) is 0. The largest absolute Gasteiger partial charge is 0.427 e. The number of aromatic nitrogens is 1. The molecule has 2 aromatic rings. The van der Waals surface area contributed by atoms with E-state index in [-0.39, 0.29) is 0 Å². The molecule has 60 valence electrons. The minimum atomic E-state index is 0.425. The van der Waals surface area contributed by atoms with Gasteiger partial charge < -0.3 is 4.74 Å². The third-order valence-corrected chi connectivity index (χ3v) is 2.35. The Bertz CT molecular complexity index is 410. The van der Waals surface area contributed by atoms with Crippen LogP contribution in [0.25, 0.3) is 10.2 Å². The normalized spacial score (nSPS) is 10.0. The van der Waals surface area contributed by atoms with Gasteiger partial charge in [0.05, 0.1) is 15.7 Å². The van der Waals surface area contributed by atoms with E-state index in [2.05, 4.69) is 4.98 Å². The third kappa shape index (κ3) is 1.06. The molecule has 0 N–H and O–H groups in total. The van der Waals surface area contributed by atoms with E-state index in [9.17, 15) is 4.79 Å². The lowest BCUT2D eigenvalue weighted by Crippen LogP contribution is -1.87. The van der Waals surface area contributed by atoms with Crippen molar-refractivity contribution < 1.29 is 9.53 Å². The van der Waals surface area contributed by atoms with Crippen molar-refractivity contribution in [2.45, 2.75) is 0 Å². The molecule has 0 saturated carbocycles. The van der Waals surface area contributed by atoms with Gasteiger partial charge in [-0.05, 0) is 12.1 Å². The molecule has 3 nitrogen and oxygen atoms in total. The highest BCUT2D eigenvalue weighted by molar-refractivity contribution is 7.17. The molecule has 0 aliphatic rings. The Hall–Kier alpha value is -1.42. The molecule has 12 heavy (non-hydrogen) atoms. The van der Waals surface area contributed by atoms with Crippen LogP contribution < -0.4 is 4.74 Å². The van der Waals surface area contributed by atoms with E-state index in [0.717, 1.165) is 10.2 Å². The monoisotopic (exact) mass is 179 g/mol. The van der Waals surface area contributed by atoms with Gasteiger partial charge in [-0.25, -0.2) is 4.98 Å². The molecule has 0 aliphatic heterocycles. The first kappa shape index (κ1) is 7.24. The van der Waals surface area contributed by atoms with Gasteiger partial charge in [0.25, 0.3) is 6.47 Å². The van der Waals surface area contributed by atoms with Crippen LogP contribution in [0.3, 0.4) is 0 Å². The summed E-state index contributed by atoms with van der Waals surface area (Å²) in [5, 5.41) is 0. The predicted octanol–water partition coefficient (Wildman–Crippen LogP) is 1.83. The van der Waals surface area contributed by atoms with E-state index in [0.29, 0.717) is 12.2 Å². The SMILES string of the molecule is O=COc1cccc2ncsc12. The Morgan fingerprint density at radius 3 is 3.25 bits per heavy atom. The van der Waals surface area contributed by atoms with Gasteiger partial charge in [0.2, 0.25) is 0 Å². The number of ether oxygens (including phenoxy) is 1. The highest BCUT2D eigenvalue weighted by Gasteiger charge is 2.02. The Morgan fingerprint density at radius 2 is 2.42 bits per heavy atom. The van der Waals surface area contributed by atoms with E-state index in [1.165, 1.54) is 11.3 Å². The van der Waals surface area contributed by atoms with Gasteiger partial charge in [0.1, 0.15) is 5.75 Å². The van der Waals surface area contributed by atoms with Crippen molar-refractivity contribution in [3.8, 4) is 5.75 Å². The molecule has 1 heterocycles. The number of thiazole rings is 1. The number of hydrogen-bond acceptors (Lipinski definition) is 4. The molecule has 0 atom stereocenters. The zero-order valence-corrected chi connectivity index (χ0v) is 6.88. The molecule has 1 aromatic heterocycles. The van der Waals surface area contributed by atoms with Gasteiger partial charge in [-0.1, -0.05) is 6.07 Å². The summed E-state index contributed by atoms with van der Waals surface area (Å²) in [6.45, 7) is 0.425. The molecule has 0 unspecified atom stereocenters. The number of rotatable bonds is 2. The van der Waals surface area contributed by atoms with Crippen molar-refractivity contribution in [2.24, 2.45) is 0 Å². The zero-order chi connectivity index (χ0) is 8.39. The quantitative estimate of drug-likeness (QED) is 0.660. The van der Waals surface area contributed by atoms with Crippen molar-refractivity contribution in [1.82, 2.24) is 4.98 Å². The lowest BCUT2D eigenvalue weighted by molar-refractivity contribution is -0.120. The van der Waals surface area contributed by atoms with E-state index < -0.39 is 0 Å². The van der Waals surface area contributed by atoms with Gasteiger partial charge in [-0.3, -0.25) is 4.79 Å². The average molecular weight is 179 g/mol. The van der Waals surface area contributed by atoms with Gasteiger partial charge in [-0.2, -0.15) is 0 Å². The Morgan fingerprint density at radius 1 is 1.50 bits per heavy atom. The first-order valence-electron chi connectivity index (χ1n) is 3.34. The third-order valence-electron chi connectivity index (χ3n) is 1.50. The molecule has 1 aromatic carbocycles. The Labute approximate surface area is 72.6 Å². The molecule has 0 amide bonds. The summed E-state index contributed by atoms with van der Waals surface area (Å²) < 4.78 is 5.67. The molecular weight excluding hydrogens is 174 g/mol. The van der Waals surface area contributed by atoms with Crippen LogP contribution in [0.1, 0.15) is 0 Å². The van der Waals surface area contributed by atoms with Crippen molar-refractivity contribution in [3.63, 3.8) is 0 Å². The summed E-state index contributed by atoms with van der Waals surface area (Å²) in [5.74, 6) is 0.574. The molecule has 0 radical (unpaired) electrons. The van der Waals surface area contributed by atoms with E-state index >= 15 is 0 Å². The molecule has 0 spiro atoms. The van der Waals surface area contributed by atoms with Crippen molar-refractivity contribution in [1.29, 1.82) is 0 Å². The second-order valence-corrected chi connectivity index (χ2v) is 3.03. The van der Waals surface area contributed by atoms with E-state index in [1.807, 2.05) is 6.07 Å². The lowest BCUT2D eigenvalue weighted by Gasteiger charge is -1.96. The maximum Gasteiger partial charge on any atom is 0.298 e. The van der Waals surface area contributed by atoms with Crippen LogP contribution in [-0.4, -0.2) is 11.5 Å². The average Bonchev–Trinajstić information content (AvgIpc) is 2.53. The number of carbonyl (C=O) groups excluding carboxylic acids is 1. The Kier molecular flexibility index (Phi) is 1.75. The van der Waals surface area contributed by atoms with Crippen LogP contribution in [0.2, 0.25) is 0 Å². The fourth-order valence-electron chi connectivity index (χ4n) is 1.00. The summed E-state index contributed by atoms with van der Waals surface area (Å²) in [5.41, 5.74) is 2.59. The van der Waals surface area contributed by atoms with Crippen LogP contribution in [-0.2, 0) is 4.79 Å². The first-order chi connectivity index (χ1) is 5.92. The van der Waals surface area contributed by atoms with Crippen LogP contribution in [0.4, 0.5) is 0 Å². The minimum Gasteiger partial charge on any atom is -0.427 e. The standard InChI is InChI=1S/C8H5NO2S/c10-5-11-7-3-1-2-6-8(7)12-4-9-6/h1-5H. The maximum absolute atomic E-state index is 10.1. The molecule has 0 fully saturated rings. The summed E-state index contributed by atoms with van der Waals surface area (Å²) in [4.78, 5) is 14.2. The highest BCUT2D eigenvalue weighted by atomic mass is 32.1. The van der Waals surface area contributed by atoms with E-state index in [4.69, 9.17) is 4.74 Å². The second kappa shape index (κ2) is 2.91. The summed E-state index contributed by atoms with van der Waals surface area (Å²) in [6.07, 6.45) is 0. The van der Waals surface area contributed by atoms with Gasteiger partial charge >= 0.3 is 0 Å². The van der Waals surface area contributed by atoms with Crippen LogP contribution in [0.15, 0.2) is 23.7 Å². The fourth-order valence-corrected chi connectivity index (χ4v) is 1.75. The first-order valence-corrected chi connectivity index (χ1v) is 4.22. The van der Waals surface area contributed by atoms with Crippen molar-refractivity contribution in [2.75, 3.05) is 0 Å². The van der Waals surface area contributed by atoms with E-state index in [1.54, 1.807) is 17.6 Å². The molecule has 0 saturated heterocycles. The number of nitrogens with zero attached hydrogens (tertiary/aromatic N) is 1. The lowest BCUT2D eigenvalue weighted by atomic mass is 10.3. The maximum atomic E-state index is 10.1. The summed E-state index contributed by atoms with van der Waals surface area (Å²) >= 11 is 1.46. The van der Waals surface area contributed by atoms with Crippen molar-refractivity contribution in [3.05, 3.63) is 23.7 Å². The molecule has 0 aliphatic carbocycles. The number of carbonyl (C=O) groups is 1. The van der Waals surface area contributed by atoms with Crippen LogP contribution >= 0.6 is 11.3 Å². The fraction of sp³-hybridized carbons (Fsp3) is 0. The zero-order valence-electron chi connectivity index (χ0n) is 6.06. The van der Waals surface area contributed by atoms with Gasteiger partial charge in [0.15, 0.2) is 0 Å². The molecule has 0 bridgehead atoms. The van der Waals surface area contributed by atoms with Crippen LogP contribution in [0.5, 0.6) is 5.75 Å². The molecule has 4 heteroatoms. The smallest absolute Gasteiger partial charge is 0.298 e. The number of benzene rings is 1. The topological polar surface area (TPSA) is 39.2 Å². The molecular formula is C8H5NO2S. The van der Waals surface area contributed by atoms with Gasteiger partial charge in [0, 0.05) is 0 Å². The summed E-state index contributed by atoms with van der Waals surface area (Å²) in [6, 6.07) is 5.43. The van der Waals surface area contributed by atoms with Crippen molar-refractivity contribution >= 4 is 28.0 Å². The second-order valence-electron chi connectivity index (χ2n) is 2.17. The molecule has 2 rings (SSSR count). The number of hydrogen-bond donors (Lipinski definition) is 0. The Balaban J connectivity index is 2.65. The predicted molar refractivity (Wildman–Crippen MR) is 46.3 cm³/mol. The highest BCUT2D eigenvalue weighted by Crippen LogP contribution is 2.27. The number of fused-ring (bicyclic) bond motifs is 1. The van der Waals surface area contributed by atoms with Gasteiger partial charge in [-0.15, -0.1) is 11.3 Å². The minimum absolute atomic E-state index is 0.425.